The molecule has 0 aliphatic carbocycles. The van der Waals surface area contributed by atoms with Crippen LogP contribution in [0.1, 0.15) is 45.9 Å². The van der Waals surface area contributed by atoms with E-state index in [1.807, 2.05) is 0 Å². The van der Waals surface area contributed by atoms with Crippen molar-refractivity contribution in [2.45, 2.75) is 24.2 Å². The highest BCUT2D eigenvalue weighted by Gasteiger charge is 2.37. The fourth-order valence-corrected chi connectivity index (χ4v) is 3.95. The quantitative estimate of drug-likeness (QED) is 0.222. The minimum absolute atomic E-state index is 0.382. The molecule has 44 heavy (non-hydrogen) atoms. The molecule has 214 valence electrons. The zero-order valence-corrected chi connectivity index (χ0v) is 21.3. The zero-order valence-electron chi connectivity index (χ0n) is 21.3. The summed E-state index contributed by atoms with van der Waals surface area (Å²) < 4.78 is 93.7. The minimum Gasteiger partial charge on any atom is -0.434 e. The summed E-state index contributed by atoms with van der Waals surface area (Å²) in [5.41, 5.74) is -6.08. The fraction of sp³-hybridized carbons (Fsp3) is 0.143. The molecule has 2 aromatic carbocycles. The van der Waals surface area contributed by atoms with Gasteiger partial charge in [-0.05, 0) is 24.3 Å². The molecule has 0 atom stereocenters. The van der Waals surface area contributed by atoms with E-state index < -0.39 is 81.1 Å². The summed E-state index contributed by atoms with van der Waals surface area (Å²) in [4.78, 5) is 7.98. The second-order valence-electron chi connectivity index (χ2n) is 8.58. The molecular weight excluding hydrogens is 594 g/mol. The van der Waals surface area contributed by atoms with E-state index in [9.17, 15) is 47.4 Å². The molecule has 0 N–H and O–H groups in total. The predicted molar refractivity (Wildman–Crippen MR) is 130 cm³/mol. The number of aromatic nitrogens is 2. The number of rotatable bonds is 5. The third-order valence-electron chi connectivity index (χ3n) is 5.94. The second kappa shape index (κ2) is 11.3. The van der Waals surface area contributed by atoms with Crippen molar-refractivity contribution in [1.82, 2.24) is 9.97 Å². The van der Waals surface area contributed by atoms with Crippen LogP contribution >= 0.6 is 0 Å². The lowest BCUT2D eigenvalue weighted by molar-refractivity contribution is -0.138. The molecule has 0 unspecified atom stereocenters. The van der Waals surface area contributed by atoms with Gasteiger partial charge in [-0.25, -0.2) is 9.97 Å². The standard InChI is InChI=1S/C28H8F6N8O2/c29-27(30,31)19-5-13(1-3-15(19)7-35)21-23(43-25(41-21)17(9-37)10-38)24-22(42-26(44-24)18(11-39)12-40)14-2-4-16(8-36)20(6-14)28(32,33)34/h1-6,17-18H. The van der Waals surface area contributed by atoms with E-state index in [1.165, 1.54) is 12.1 Å². The first-order chi connectivity index (χ1) is 20.8. The van der Waals surface area contributed by atoms with Gasteiger partial charge >= 0.3 is 12.4 Å². The molecule has 0 spiro atoms. The van der Waals surface area contributed by atoms with Gasteiger partial charge in [-0.2, -0.15) is 57.9 Å². The Labute approximate surface area is 242 Å². The van der Waals surface area contributed by atoms with E-state index in [-0.39, 0.29) is 11.1 Å². The Hall–Kier alpha value is -6.62. The number of alkyl halides is 6. The van der Waals surface area contributed by atoms with Crippen LogP contribution in [0, 0.1) is 68.0 Å². The van der Waals surface area contributed by atoms with E-state index in [2.05, 4.69) is 9.97 Å². The number of hydrogen-bond acceptors (Lipinski definition) is 10. The smallest absolute Gasteiger partial charge is 0.417 e. The third-order valence-corrected chi connectivity index (χ3v) is 5.94. The maximum atomic E-state index is 13.8. The van der Waals surface area contributed by atoms with Crippen LogP contribution in [0.25, 0.3) is 34.0 Å². The van der Waals surface area contributed by atoms with Crippen molar-refractivity contribution in [3.05, 3.63) is 70.4 Å². The van der Waals surface area contributed by atoms with Gasteiger partial charge in [0.15, 0.2) is 11.5 Å². The van der Waals surface area contributed by atoms with Gasteiger partial charge in [0.05, 0.1) is 58.7 Å². The molecule has 0 saturated carbocycles. The van der Waals surface area contributed by atoms with Gasteiger partial charge in [0, 0.05) is 11.1 Å². The summed E-state index contributed by atoms with van der Waals surface area (Å²) in [6, 6.07) is 13.8. The van der Waals surface area contributed by atoms with Gasteiger partial charge in [0.25, 0.3) is 0 Å². The van der Waals surface area contributed by atoms with Crippen molar-refractivity contribution in [2.75, 3.05) is 0 Å². The Morgan fingerprint density at radius 3 is 1.18 bits per heavy atom. The van der Waals surface area contributed by atoms with Gasteiger partial charge in [-0.1, -0.05) is 12.1 Å². The largest absolute Gasteiger partial charge is 0.434 e. The predicted octanol–water partition coefficient (Wildman–Crippen LogP) is 6.71. The van der Waals surface area contributed by atoms with Gasteiger partial charge in [0.2, 0.25) is 23.6 Å². The second-order valence-corrected chi connectivity index (χ2v) is 8.58. The van der Waals surface area contributed by atoms with Crippen molar-refractivity contribution in [3.8, 4) is 70.5 Å². The molecule has 0 fully saturated rings. The molecule has 0 bridgehead atoms. The van der Waals surface area contributed by atoms with Crippen molar-refractivity contribution < 1.29 is 35.2 Å². The molecule has 0 amide bonds. The number of benzene rings is 2. The Kier molecular flexibility index (Phi) is 7.82. The topological polar surface area (TPSA) is 195 Å². The highest BCUT2D eigenvalue weighted by molar-refractivity contribution is 5.83. The molecule has 4 aromatic rings. The molecule has 0 saturated heterocycles. The van der Waals surface area contributed by atoms with E-state index in [0.717, 1.165) is 24.3 Å². The van der Waals surface area contributed by atoms with E-state index in [0.29, 0.717) is 12.1 Å². The first kappa shape index (κ1) is 30.3. The Morgan fingerprint density at radius 2 is 0.909 bits per heavy atom. The Balaban J connectivity index is 2.11. The average molecular weight is 602 g/mol. The molecule has 0 radical (unpaired) electrons. The Bertz CT molecular complexity index is 1870. The Morgan fingerprint density at radius 1 is 0.568 bits per heavy atom. The molecule has 2 heterocycles. The number of nitrogens with zero attached hydrogens (tertiary/aromatic N) is 8. The van der Waals surface area contributed by atoms with Crippen LogP contribution < -0.4 is 0 Å². The maximum absolute atomic E-state index is 13.8. The van der Waals surface area contributed by atoms with Crippen LogP contribution in [0.2, 0.25) is 0 Å². The minimum atomic E-state index is -5.02. The number of hydrogen-bond donors (Lipinski definition) is 0. The molecular formula is C28H8F6N8O2. The average Bonchev–Trinajstić information content (AvgIpc) is 3.62. The molecule has 4 rings (SSSR count). The number of oxazole rings is 2. The van der Waals surface area contributed by atoms with Crippen molar-refractivity contribution in [3.63, 3.8) is 0 Å². The van der Waals surface area contributed by atoms with Gasteiger partial charge in [-0.3, -0.25) is 0 Å². The summed E-state index contributed by atoms with van der Waals surface area (Å²) in [6.45, 7) is 0. The van der Waals surface area contributed by atoms with Crippen molar-refractivity contribution >= 4 is 0 Å². The van der Waals surface area contributed by atoms with Crippen LogP contribution in [0.5, 0.6) is 0 Å². The molecule has 10 nitrogen and oxygen atoms in total. The first-order valence-electron chi connectivity index (χ1n) is 11.6. The van der Waals surface area contributed by atoms with Gasteiger partial charge in [-0.15, -0.1) is 0 Å². The third kappa shape index (κ3) is 5.48. The molecule has 0 aliphatic heterocycles. The van der Waals surface area contributed by atoms with E-state index >= 15 is 0 Å². The van der Waals surface area contributed by atoms with Crippen molar-refractivity contribution in [1.29, 1.82) is 31.6 Å². The SMILES string of the molecule is N#Cc1ccc(-c2nc(C(C#N)C#N)oc2-c2oc(C(C#N)C#N)nc2-c2ccc(C#N)c(C(F)(F)F)c2)cc1C(F)(F)F. The lowest BCUT2D eigenvalue weighted by Gasteiger charge is -2.11. The maximum Gasteiger partial charge on any atom is 0.417 e. The summed E-state index contributed by atoms with van der Waals surface area (Å²) >= 11 is 0. The summed E-state index contributed by atoms with van der Waals surface area (Å²) in [5, 5.41) is 55.8. The molecule has 2 aromatic heterocycles. The van der Waals surface area contributed by atoms with Crippen LogP contribution in [0.3, 0.4) is 0 Å². The van der Waals surface area contributed by atoms with Crippen LogP contribution in [-0.4, -0.2) is 9.97 Å². The molecule has 0 aliphatic rings. The normalized spacial score (nSPS) is 11.2. The first-order valence-corrected chi connectivity index (χ1v) is 11.6. The monoisotopic (exact) mass is 602 g/mol. The zero-order chi connectivity index (χ0) is 32.4. The van der Waals surface area contributed by atoms with Crippen LogP contribution in [0.15, 0.2) is 45.2 Å². The van der Waals surface area contributed by atoms with Crippen LogP contribution in [0.4, 0.5) is 26.3 Å². The highest BCUT2D eigenvalue weighted by atomic mass is 19.4. The lowest BCUT2D eigenvalue weighted by atomic mass is 9.99. The molecule has 16 heteroatoms. The van der Waals surface area contributed by atoms with Gasteiger partial charge < -0.3 is 8.83 Å². The van der Waals surface area contributed by atoms with Crippen molar-refractivity contribution in [2.24, 2.45) is 0 Å². The number of halogens is 6. The fourth-order valence-electron chi connectivity index (χ4n) is 3.95. The van der Waals surface area contributed by atoms with Crippen LogP contribution in [-0.2, 0) is 12.4 Å². The van der Waals surface area contributed by atoms with Gasteiger partial charge in [0.1, 0.15) is 11.4 Å². The lowest BCUT2D eigenvalue weighted by Crippen LogP contribution is -2.08. The van der Waals surface area contributed by atoms with E-state index in [4.69, 9.17) is 19.4 Å². The van der Waals surface area contributed by atoms with E-state index in [1.54, 1.807) is 24.3 Å². The highest BCUT2D eigenvalue weighted by Crippen LogP contribution is 2.44. The summed E-state index contributed by atoms with van der Waals surface area (Å²) in [6.07, 6.45) is -10.0. The number of nitriles is 6. The summed E-state index contributed by atoms with van der Waals surface area (Å²) in [5.74, 6) is -5.98. The summed E-state index contributed by atoms with van der Waals surface area (Å²) in [7, 11) is 0.